The van der Waals surface area contributed by atoms with Crippen molar-refractivity contribution in [2.45, 2.75) is 18.0 Å². The second-order valence-corrected chi connectivity index (χ2v) is 9.51. The highest BCUT2D eigenvalue weighted by atomic mass is 32.2. The molecule has 1 heterocycles. The summed E-state index contributed by atoms with van der Waals surface area (Å²) >= 11 is 0. The average Bonchev–Trinajstić information content (AvgIpc) is 2.70. The summed E-state index contributed by atoms with van der Waals surface area (Å²) < 4.78 is 61.8. The largest absolute Gasteiger partial charge is 0.481 e. The molecule has 0 unspecified atom stereocenters. The van der Waals surface area contributed by atoms with Crippen molar-refractivity contribution in [3.05, 3.63) is 35.4 Å². The summed E-state index contributed by atoms with van der Waals surface area (Å²) in [6.45, 7) is -0.815. The summed E-state index contributed by atoms with van der Waals surface area (Å²) in [4.78, 5) is 19.5. The number of nitrogens with one attached hydrogen (secondary N) is 3. The average molecular weight is 476 g/mol. The van der Waals surface area contributed by atoms with Crippen LogP contribution in [0.15, 0.2) is 29.2 Å². The first-order valence-electron chi connectivity index (χ1n) is 8.45. The molecule has 170 valence electrons. The Kier molecular flexibility index (Phi) is 7.72. The van der Waals surface area contributed by atoms with Crippen molar-refractivity contribution in [3.63, 3.8) is 0 Å². The van der Waals surface area contributed by atoms with Gasteiger partial charge in [0.1, 0.15) is 0 Å². The Morgan fingerprint density at radius 2 is 1.68 bits per heavy atom. The van der Waals surface area contributed by atoms with E-state index in [1.807, 2.05) is 0 Å². The molecule has 4 N–H and O–H groups in total. The Labute approximate surface area is 178 Å². The molecule has 0 saturated carbocycles. The van der Waals surface area contributed by atoms with Crippen LogP contribution in [0.4, 0.5) is 10.7 Å². The lowest BCUT2D eigenvalue weighted by Gasteiger charge is -2.13. The van der Waals surface area contributed by atoms with Gasteiger partial charge < -0.3 is 14.6 Å². The predicted molar refractivity (Wildman–Crippen MR) is 109 cm³/mol. The summed E-state index contributed by atoms with van der Waals surface area (Å²) in [5, 5.41) is 11.6. The van der Waals surface area contributed by atoms with Crippen LogP contribution in [-0.4, -0.2) is 58.4 Å². The lowest BCUT2D eigenvalue weighted by Crippen LogP contribution is -2.35. The lowest BCUT2D eigenvalue weighted by atomic mass is 10.1. The monoisotopic (exact) mass is 475 g/mol. The molecular formula is C16H21N5O8S2. The van der Waals surface area contributed by atoms with E-state index in [-0.39, 0.29) is 29.8 Å². The Morgan fingerprint density at radius 3 is 2.19 bits per heavy atom. The number of aliphatic hydroxyl groups excluding tert-OH is 1. The topological polar surface area (TPSA) is 186 Å². The van der Waals surface area contributed by atoms with Gasteiger partial charge in [-0.2, -0.15) is 9.97 Å². The van der Waals surface area contributed by atoms with Gasteiger partial charge >= 0.3 is 6.03 Å². The molecule has 0 fully saturated rings. The maximum Gasteiger partial charge on any atom is 0.335 e. The Balaban J connectivity index is 2.25. The third-order valence-corrected chi connectivity index (χ3v) is 5.76. The van der Waals surface area contributed by atoms with Crippen molar-refractivity contribution < 1.29 is 36.2 Å². The molecule has 2 aromatic rings. The maximum absolute atomic E-state index is 12.7. The zero-order chi connectivity index (χ0) is 23.2. The third-order valence-electron chi connectivity index (χ3n) is 3.68. The molecule has 1 aromatic carbocycles. The van der Waals surface area contributed by atoms with Crippen LogP contribution < -0.4 is 24.2 Å². The first-order chi connectivity index (χ1) is 14.5. The van der Waals surface area contributed by atoms with E-state index in [0.29, 0.717) is 5.56 Å². The Bertz CT molecular complexity index is 1150. The van der Waals surface area contributed by atoms with Crippen molar-refractivity contribution in [2.24, 2.45) is 0 Å². The van der Waals surface area contributed by atoms with Gasteiger partial charge in [0.15, 0.2) is 0 Å². The minimum absolute atomic E-state index is 0.00250. The van der Waals surface area contributed by atoms with Crippen LogP contribution in [0.2, 0.25) is 0 Å². The van der Waals surface area contributed by atoms with Crippen LogP contribution in [0.25, 0.3) is 0 Å². The summed E-state index contributed by atoms with van der Waals surface area (Å²) in [7, 11) is -5.30. The van der Waals surface area contributed by atoms with Gasteiger partial charge in [0.2, 0.25) is 27.7 Å². The Morgan fingerprint density at radius 1 is 1.06 bits per heavy atom. The van der Waals surface area contributed by atoms with Gasteiger partial charge in [0, 0.05) is 6.54 Å². The molecule has 13 nitrogen and oxygen atoms in total. The predicted octanol–water partition coefficient (Wildman–Crippen LogP) is -0.454. The Hall–Kier alpha value is -3.01. The number of hydrogen-bond acceptors (Lipinski definition) is 10. The highest BCUT2D eigenvalue weighted by molar-refractivity contribution is 7.90. The molecule has 1 aromatic heterocycles. The van der Waals surface area contributed by atoms with Gasteiger partial charge in [-0.1, -0.05) is 12.1 Å². The zero-order valence-electron chi connectivity index (χ0n) is 16.7. The number of rotatable bonds is 9. The molecule has 0 radical (unpaired) electrons. The summed E-state index contributed by atoms with van der Waals surface area (Å²) in [6.07, 6.45) is 0.953. The molecule has 2 rings (SSSR count). The number of urea groups is 1. The van der Waals surface area contributed by atoms with E-state index >= 15 is 0 Å². The molecule has 0 saturated heterocycles. The fraction of sp³-hybridized carbons (Fsp3) is 0.312. The number of anilines is 1. The summed E-state index contributed by atoms with van der Waals surface area (Å²) in [5.41, 5.74) is 0.298. The van der Waals surface area contributed by atoms with E-state index in [0.717, 1.165) is 12.3 Å². The van der Waals surface area contributed by atoms with E-state index in [1.54, 1.807) is 4.72 Å². The highest BCUT2D eigenvalue weighted by Gasteiger charge is 2.22. The van der Waals surface area contributed by atoms with Gasteiger partial charge in [0.05, 0.1) is 38.0 Å². The fourth-order valence-corrected chi connectivity index (χ4v) is 3.90. The number of sulfonamides is 2. The molecule has 0 aliphatic heterocycles. The van der Waals surface area contributed by atoms with Crippen molar-refractivity contribution in [2.75, 3.05) is 25.8 Å². The minimum atomic E-state index is -4.45. The molecular weight excluding hydrogens is 454 g/mol. The standard InChI is InChI=1S/C16H21N5O8S2/c1-28-13-7-14(29-2)19-15(18-13)20-16(23)21-31(26,27)12-6-10(4-5-11(12)9-22)8-17-30(3,24)25/h4-7,17,22H,8-9H2,1-3H3,(H2,18,19,20,21,23). The van der Waals surface area contributed by atoms with Gasteiger partial charge in [0.25, 0.3) is 10.0 Å². The molecule has 15 heteroatoms. The SMILES string of the molecule is COc1cc(OC)nc(NC(=O)NS(=O)(=O)c2cc(CNS(C)(=O)=O)ccc2CO)n1. The fourth-order valence-electron chi connectivity index (χ4n) is 2.28. The van der Waals surface area contributed by atoms with Crippen molar-refractivity contribution in [3.8, 4) is 11.8 Å². The van der Waals surface area contributed by atoms with E-state index < -0.39 is 37.6 Å². The normalized spacial score (nSPS) is 11.6. The van der Waals surface area contributed by atoms with Gasteiger partial charge in [-0.3, -0.25) is 5.32 Å². The van der Waals surface area contributed by atoms with Crippen molar-refractivity contribution >= 4 is 32.0 Å². The minimum Gasteiger partial charge on any atom is -0.481 e. The summed E-state index contributed by atoms with van der Waals surface area (Å²) in [6, 6.07) is 4.06. The number of aromatic nitrogens is 2. The molecule has 0 atom stereocenters. The van der Waals surface area contributed by atoms with Crippen LogP contribution in [0.5, 0.6) is 11.8 Å². The van der Waals surface area contributed by atoms with E-state index in [1.165, 1.54) is 32.4 Å². The lowest BCUT2D eigenvalue weighted by molar-refractivity contribution is 0.256. The number of carbonyl (C=O) groups excluding carboxylic acids is 1. The molecule has 31 heavy (non-hydrogen) atoms. The molecule has 0 aliphatic rings. The molecule has 0 bridgehead atoms. The van der Waals surface area contributed by atoms with Crippen LogP contribution in [0.1, 0.15) is 11.1 Å². The number of aliphatic hydroxyl groups is 1. The van der Waals surface area contributed by atoms with E-state index in [4.69, 9.17) is 9.47 Å². The molecule has 2 amide bonds. The number of benzene rings is 1. The second kappa shape index (κ2) is 9.86. The molecule has 0 aliphatic carbocycles. The first-order valence-corrected chi connectivity index (χ1v) is 11.8. The van der Waals surface area contributed by atoms with Crippen LogP contribution in [-0.2, 0) is 33.2 Å². The third kappa shape index (κ3) is 7.02. The number of amides is 2. The van der Waals surface area contributed by atoms with Crippen LogP contribution >= 0.6 is 0 Å². The smallest absolute Gasteiger partial charge is 0.335 e. The summed E-state index contributed by atoms with van der Waals surface area (Å²) in [5.74, 6) is -0.144. The van der Waals surface area contributed by atoms with E-state index in [9.17, 15) is 26.7 Å². The number of carbonyl (C=O) groups is 1. The first kappa shape index (κ1) is 24.3. The van der Waals surface area contributed by atoms with Crippen molar-refractivity contribution in [1.29, 1.82) is 0 Å². The second-order valence-electron chi connectivity index (χ2n) is 6.03. The number of methoxy groups -OCH3 is 2. The van der Waals surface area contributed by atoms with Gasteiger partial charge in [-0.25, -0.2) is 31.1 Å². The van der Waals surface area contributed by atoms with Crippen molar-refractivity contribution in [1.82, 2.24) is 19.4 Å². The van der Waals surface area contributed by atoms with E-state index in [2.05, 4.69) is 20.0 Å². The number of ether oxygens (including phenoxy) is 2. The molecule has 0 spiro atoms. The number of hydrogen-bond donors (Lipinski definition) is 4. The zero-order valence-corrected chi connectivity index (χ0v) is 18.4. The van der Waals surface area contributed by atoms with Gasteiger partial charge in [-0.05, 0) is 17.2 Å². The number of nitrogens with zero attached hydrogens (tertiary/aromatic N) is 2. The quantitative estimate of drug-likeness (QED) is 0.370. The highest BCUT2D eigenvalue weighted by Crippen LogP contribution is 2.20. The maximum atomic E-state index is 12.7. The van der Waals surface area contributed by atoms with Crippen LogP contribution in [0, 0.1) is 0 Å². The van der Waals surface area contributed by atoms with Crippen LogP contribution in [0.3, 0.4) is 0 Å². The van der Waals surface area contributed by atoms with Gasteiger partial charge in [-0.15, -0.1) is 0 Å².